The fourth-order valence-electron chi connectivity index (χ4n) is 2.03. The standard InChI is InChI=1S/C18H24O6/c1-18(2,3)24-16(21)11-14(9-10-15(19)20)17(22)23-12-13-7-5-4-6-8-13/h4-8,14H,9-12H2,1-3H3,(H,19,20)/t14-/m0/s1. The van der Waals surface area contributed by atoms with E-state index in [2.05, 4.69) is 0 Å². The molecule has 0 aliphatic carbocycles. The highest BCUT2D eigenvalue weighted by molar-refractivity contribution is 5.80. The minimum absolute atomic E-state index is 0.0300. The Kier molecular flexibility index (Phi) is 7.42. The summed E-state index contributed by atoms with van der Waals surface area (Å²) >= 11 is 0. The molecular formula is C18H24O6. The van der Waals surface area contributed by atoms with Crippen LogP contribution >= 0.6 is 0 Å². The van der Waals surface area contributed by atoms with Crippen LogP contribution in [0.5, 0.6) is 0 Å². The average molecular weight is 336 g/mol. The molecule has 1 rings (SSSR count). The molecule has 0 spiro atoms. The molecule has 0 heterocycles. The van der Waals surface area contributed by atoms with Gasteiger partial charge in [0, 0.05) is 6.42 Å². The number of benzene rings is 1. The second-order valence-corrected chi connectivity index (χ2v) is 6.51. The van der Waals surface area contributed by atoms with Crippen LogP contribution < -0.4 is 0 Å². The first-order valence-electron chi connectivity index (χ1n) is 7.81. The normalized spacial score (nSPS) is 12.3. The zero-order valence-corrected chi connectivity index (χ0v) is 14.3. The highest BCUT2D eigenvalue weighted by Crippen LogP contribution is 2.18. The minimum Gasteiger partial charge on any atom is -0.481 e. The van der Waals surface area contributed by atoms with Crippen LogP contribution in [0.2, 0.25) is 0 Å². The maximum atomic E-state index is 12.2. The van der Waals surface area contributed by atoms with E-state index in [1.54, 1.807) is 20.8 Å². The van der Waals surface area contributed by atoms with Crippen LogP contribution in [0.15, 0.2) is 30.3 Å². The van der Waals surface area contributed by atoms with Gasteiger partial charge in [-0.25, -0.2) is 0 Å². The second-order valence-electron chi connectivity index (χ2n) is 6.51. The molecule has 0 amide bonds. The van der Waals surface area contributed by atoms with Gasteiger partial charge in [0.2, 0.25) is 0 Å². The van der Waals surface area contributed by atoms with E-state index in [9.17, 15) is 14.4 Å². The second kappa shape index (κ2) is 9.05. The average Bonchev–Trinajstić information content (AvgIpc) is 2.48. The van der Waals surface area contributed by atoms with Crippen molar-refractivity contribution in [2.75, 3.05) is 0 Å². The molecule has 0 saturated carbocycles. The van der Waals surface area contributed by atoms with E-state index < -0.39 is 29.4 Å². The number of carboxylic acid groups (broad SMARTS) is 1. The third-order valence-electron chi connectivity index (χ3n) is 3.10. The van der Waals surface area contributed by atoms with Crippen molar-refractivity contribution in [2.24, 2.45) is 5.92 Å². The van der Waals surface area contributed by atoms with Crippen LogP contribution in [0.4, 0.5) is 0 Å². The molecule has 1 N–H and O–H groups in total. The Hall–Kier alpha value is -2.37. The number of esters is 2. The van der Waals surface area contributed by atoms with Gasteiger partial charge in [-0.1, -0.05) is 30.3 Å². The number of hydrogen-bond donors (Lipinski definition) is 1. The van der Waals surface area contributed by atoms with Crippen molar-refractivity contribution in [1.82, 2.24) is 0 Å². The number of carbonyl (C=O) groups is 3. The zero-order valence-electron chi connectivity index (χ0n) is 14.3. The van der Waals surface area contributed by atoms with E-state index in [4.69, 9.17) is 14.6 Å². The van der Waals surface area contributed by atoms with Crippen LogP contribution in [0.25, 0.3) is 0 Å². The van der Waals surface area contributed by atoms with Gasteiger partial charge in [0.15, 0.2) is 0 Å². The smallest absolute Gasteiger partial charge is 0.309 e. The van der Waals surface area contributed by atoms with E-state index >= 15 is 0 Å². The summed E-state index contributed by atoms with van der Waals surface area (Å²) in [7, 11) is 0. The van der Waals surface area contributed by atoms with E-state index in [0.29, 0.717) is 0 Å². The molecule has 0 radical (unpaired) electrons. The maximum absolute atomic E-state index is 12.2. The molecule has 0 bridgehead atoms. The topological polar surface area (TPSA) is 89.9 Å². The predicted octanol–water partition coefficient (Wildman–Crippen LogP) is 2.94. The molecule has 0 fully saturated rings. The van der Waals surface area contributed by atoms with Crippen molar-refractivity contribution >= 4 is 17.9 Å². The summed E-state index contributed by atoms with van der Waals surface area (Å²) < 4.78 is 10.4. The number of ether oxygens (including phenoxy) is 2. The summed E-state index contributed by atoms with van der Waals surface area (Å²) in [5.41, 5.74) is 0.155. The molecule has 0 aliphatic rings. The van der Waals surface area contributed by atoms with E-state index in [1.165, 1.54) is 0 Å². The first-order valence-corrected chi connectivity index (χ1v) is 7.81. The quantitative estimate of drug-likeness (QED) is 0.734. The van der Waals surface area contributed by atoms with Gasteiger partial charge in [0.25, 0.3) is 0 Å². The Labute approximate surface area is 141 Å². The third kappa shape index (κ3) is 8.31. The Balaban J connectivity index is 2.64. The zero-order chi connectivity index (χ0) is 18.2. The summed E-state index contributed by atoms with van der Waals surface area (Å²) in [4.78, 5) is 34.9. The predicted molar refractivity (Wildman–Crippen MR) is 87.1 cm³/mol. The summed E-state index contributed by atoms with van der Waals surface area (Å²) in [6.07, 6.45) is -0.381. The molecule has 1 aromatic carbocycles. The number of carbonyl (C=O) groups excluding carboxylic acids is 2. The van der Waals surface area contributed by atoms with Gasteiger partial charge in [-0.3, -0.25) is 14.4 Å². The van der Waals surface area contributed by atoms with Crippen molar-refractivity contribution in [3.8, 4) is 0 Å². The third-order valence-corrected chi connectivity index (χ3v) is 3.10. The van der Waals surface area contributed by atoms with Crippen molar-refractivity contribution < 1.29 is 29.0 Å². The summed E-state index contributed by atoms with van der Waals surface area (Å²) in [6.45, 7) is 5.26. The monoisotopic (exact) mass is 336 g/mol. The Bertz CT molecular complexity index is 559. The molecule has 0 saturated heterocycles. The molecule has 6 heteroatoms. The van der Waals surface area contributed by atoms with Gasteiger partial charge >= 0.3 is 17.9 Å². The number of carboxylic acids is 1. The van der Waals surface area contributed by atoms with Crippen molar-refractivity contribution in [3.05, 3.63) is 35.9 Å². The van der Waals surface area contributed by atoms with Gasteiger partial charge in [0.05, 0.1) is 12.3 Å². The van der Waals surface area contributed by atoms with Crippen LogP contribution in [0, 0.1) is 5.92 Å². The molecule has 0 aromatic heterocycles. The van der Waals surface area contributed by atoms with Crippen LogP contribution in [-0.4, -0.2) is 28.6 Å². The van der Waals surface area contributed by atoms with Crippen LogP contribution in [0.3, 0.4) is 0 Å². The molecule has 0 unspecified atom stereocenters. The van der Waals surface area contributed by atoms with E-state index in [-0.39, 0.29) is 25.9 Å². The van der Waals surface area contributed by atoms with Crippen molar-refractivity contribution in [3.63, 3.8) is 0 Å². The van der Waals surface area contributed by atoms with Gasteiger partial charge in [-0.05, 0) is 32.8 Å². The highest BCUT2D eigenvalue weighted by atomic mass is 16.6. The Morgan fingerprint density at radius 1 is 1.12 bits per heavy atom. The number of rotatable bonds is 8. The van der Waals surface area contributed by atoms with Gasteiger partial charge in [0.1, 0.15) is 12.2 Å². The number of hydrogen-bond acceptors (Lipinski definition) is 5. The lowest BCUT2D eigenvalue weighted by Gasteiger charge is -2.21. The minimum atomic E-state index is -1.03. The molecular weight excluding hydrogens is 312 g/mol. The van der Waals surface area contributed by atoms with E-state index in [0.717, 1.165) is 5.56 Å². The van der Waals surface area contributed by atoms with Crippen molar-refractivity contribution in [2.45, 2.75) is 52.2 Å². The van der Waals surface area contributed by atoms with Gasteiger partial charge < -0.3 is 14.6 Å². The van der Waals surface area contributed by atoms with E-state index in [1.807, 2.05) is 30.3 Å². The molecule has 6 nitrogen and oxygen atoms in total. The summed E-state index contributed by atoms with van der Waals surface area (Å²) in [5, 5.41) is 8.80. The van der Waals surface area contributed by atoms with Gasteiger partial charge in [-0.15, -0.1) is 0 Å². The lowest BCUT2D eigenvalue weighted by atomic mass is 9.99. The first kappa shape index (κ1) is 19.7. The van der Waals surface area contributed by atoms with Crippen molar-refractivity contribution in [1.29, 1.82) is 0 Å². The molecule has 1 aromatic rings. The van der Waals surface area contributed by atoms with Crippen LogP contribution in [-0.2, 0) is 30.5 Å². The molecule has 1 atom stereocenters. The fourth-order valence-corrected chi connectivity index (χ4v) is 2.03. The largest absolute Gasteiger partial charge is 0.481 e. The molecule has 24 heavy (non-hydrogen) atoms. The van der Waals surface area contributed by atoms with Crippen LogP contribution in [0.1, 0.15) is 45.6 Å². The first-order chi connectivity index (χ1) is 11.2. The van der Waals surface area contributed by atoms with Gasteiger partial charge in [-0.2, -0.15) is 0 Å². The molecule has 132 valence electrons. The molecule has 0 aliphatic heterocycles. The maximum Gasteiger partial charge on any atom is 0.309 e. The Morgan fingerprint density at radius 3 is 2.29 bits per heavy atom. The lowest BCUT2D eigenvalue weighted by Crippen LogP contribution is -2.28. The fraction of sp³-hybridized carbons (Fsp3) is 0.500. The summed E-state index contributed by atoms with van der Waals surface area (Å²) in [5.74, 6) is -3.00. The SMILES string of the molecule is CC(C)(C)OC(=O)C[C@H](CCC(=O)O)C(=O)OCc1ccccc1. The lowest BCUT2D eigenvalue weighted by molar-refractivity contribution is -0.162. The number of aliphatic carboxylic acids is 1. The Morgan fingerprint density at radius 2 is 1.75 bits per heavy atom. The highest BCUT2D eigenvalue weighted by Gasteiger charge is 2.27. The summed E-state index contributed by atoms with van der Waals surface area (Å²) in [6, 6.07) is 9.13.